The molecule has 0 amide bonds. The van der Waals surface area contributed by atoms with E-state index >= 15 is 0 Å². The molecule has 0 saturated carbocycles. The molecule has 0 aliphatic rings. The Hall–Kier alpha value is -2.42. The van der Waals surface area contributed by atoms with Gasteiger partial charge in [0.05, 0.1) is 5.52 Å². The Labute approximate surface area is 97.3 Å². The van der Waals surface area contributed by atoms with Gasteiger partial charge in [0.1, 0.15) is 5.69 Å². The number of aromatic nitrogens is 1. The highest BCUT2D eigenvalue weighted by atomic mass is 16.4. The lowest BCUT2D eigenvalue weighted by Gasteiger charge is -2.02. The van der Waals surface area contributed by atoms with E-state index in [1.165, 1.54) is 6.07 Å². The van der Waals surface area contributed by atoms with E-state index in [1.807, 2.05) is 36.4 Å². The molecule has 82 valence electrons. The number of carboxylic acids is 1. The second kappa shape index (κ2) is 3.56. The van der Waals surface area contributed by atoms with Crippen molar-refractivity contribution in [3.05, 3.63) is 54.2 Å². The van der Waals surface area contributed by atoms with Gasteiger partial charge in [0.15, 0.2) is 0 Å². The molecule has 3 nitrogen and oxygen atoms in total. The van der Waals surface area contributed by atoms with E-state index in [0.29, 0.717) is 5.52 Å². The van der Waals surface area contributed by atoms with Gasteiger partial charge in [-0.15, -0.1) is 0 Å². The highest BCUT2D eigenvalue weighted by Crippen LogP contribution is 2.21. The normalized spacial score (nSPS) is 10.8. The average Bonchev–Trinajstić information content (AvgIpc) is 2.35. The van der Waals surface area contributed by atoms with Gasteiger partial charge in [-0.1, -0.05) is 30.3 Å². The molecule has 3 aromatic rings. The fourth-order valence-electron chi connectivity index (χ4n) is 1.93. The van der Waals surface area contributed by atoms with Crippen molar-refractivity contribution in [2.24, 2.45) is 0 Å². The van der Waals surface area contributed by atoms with Crippen LogP contribution in [-0.4, -0.2) is 16.1 Å². The van der Waals surface area contributed by atoms with Crippen LogP contribution in [0.15, 0.2) is 48.5 Å². The summed E-state index contributed by atoms with van der Waals surface area (Å²) >= 11 is 0. The molecule has 0 atom stereocenters. The Kier molecular flexibility index (Phi) is 2.05. The van der Waals surface area contributed by atoms with Crippen molar-refractivity contribution in [2.45, 2.75) is 0 Å². The van der Waals surface area contributed by atoms with Crippen LogP contribution in [0.1, 0.15) is 10.5 Å². The minimum Gasteiger partial charge on any atom is -0.477 e. The van der Waals surface area contributed by atoms with E-state index in [2.05, 4.69) is 4.98 Å². The number of carbonyl (C=O) groups is 1. The second-order valence-corrected chi connectivity index (χ2v) is 3.89. The molecule has 0 aliphatic heterocycles. The maximum absolute atomic E-state index is 10.8. The van der Waals surface area contributed by atoms with Gasteiger partial charge in [-0.25, -0.2) is 9.78 Å². The average molecular weight is 223 g/mol. The van der Waals surface area contributed by atoms with Gasteiger partial charge in [-0.2, -0.15) is 0 Å². The van der Waals surface area contributed by atoms with E-state index in [1.54, 1.807) is 6.07 Å². The summed E-state index contributed by atoms with van der Waals surface area (Å²) in [6, 6.07) is 15.2. The van der Waals surface area contributed by atoms with Crippen LogP contribution in [0.5, 0.6) is 0 Å². The number of carboxylic acid groups (broad SMARTS) is 1. The van der Waals surface area contributed by atoms with E-state index in [0.717, 1.165) is 16.2 Å². The number of fused-ring (bicyclic) bond motifs is 2. The highest BCUT2D eigenvalue weighted by Gasteiger charge is 2.05. The van der Waals surface area contributed by atoms with Gasteiger partial charge in [-0.3, -0.25) is 0 Å². The van der Waals surface area contributed by atoms with Gasteiger partial charge in [-0.05, 0) is 29.0 Å². The monoisotopic (exact) mass is 223 g/mol. The molecule has 0 bridgehead atoms. The molecule has 2 aromatic carbocycles. The number of hydrogen-bond acceptors (Lipinski definition) is 2. The van der Waals surface area contributed by atoms with E-state index in [9.17, 15) is 4.79 Å². The molecule has 3 heteroatoms. The molecule has 3 rings (SSSR count). The molecule has 1 heterocycles. The van der Waals surface area contributed by atoms with Crippen LogP contribution in [0.2, 0.25) is 0 Å². The second-order valence-electron chi connectivity index (χ2n) is 3.89. The van der Waals surface area contributed by atoms with Crippen LogP contribution in [0.4, 0.5) is 0 Å². The fourth-order valence-corrected chi connectivity index (χ4v) is 1.93. The van der Waals surface area contributed by atoms with Crippen LogP contribution in [0.3, 0.4) is 0 Å². The van der Waals surface area contributed by atoms with Crippen molar-refractivity contribution >= 4 is 27.6 Å². The summed E-state index contributed by atoms with van der Waals surface area (Å²) in [5, 5.41) is 12.0. The largest absolute Gasteiger partial charge is 0.477 e. The Morgan fingerprint density at radius 2 is 1.65 bits per heavy atom. The zero-order valence-electron chi connectivity index (χ0n) is 8.92. The summed E-state index contributed by atoms with van der Waals surface area (Å²) in [5.74, 6) is -1.000. The minimum atomic E-state index is -1.000. The summed E-state index contributed by atoms with van der Waals surface area (Å²) in [4.78, 5) is 15.0. The van der Waals surface area contributed by atoms with E-state index < -0.39 is 5.97 Å². The van der Waals surface area contributed by atoms with Gasteiger partial charge in [0.25, 0.3) is 0 Å². The Morgan fingerprint density at radius 1 is 0.941 bits per heavy atom. The van der Waals surface area contributed by atoms with Crippen LogP contribution < -0.4 is 0 Å². The summed E-state index contributed by atoms with van der Waals surface area (Å²) in [6.45, 7) is 0. The summed E-state index contributed by atoms with van der Waals surface area (Å²) in [5.41, 5.74) is 0.788. The molecule has 1 N–H and O–H groups in total. The first-order valence-corrected chi connectivity index (χ1v) is 5.27. The third-order valence-electron chi connectivity index (χ3n) is 2.78. The van der Waals surface area contributed by atoms with Crippen molar-refractivity contribution in [2.75, 3.05) is 0 Å². The lowest BCUT2D eigenvalue weighted by atomic mass is 10.1. The SMILES string of the molecule is O=C(O)c1ccc2cc3ccccc3cc2n1. The third-order valence-corrected chi connectivity index (χ3v) is 2.78. The number of hydrogen-bond donors (Lipinski definition) is 1. The predicted molar refractivity (Wildman–Crippen MR) is 66.2 cm³/mol. The lowest BCUT2D eigenvalue weighted by Crippen LogP contribution is -1.99. The maximum atomic E-state index is 10.8. The van der Waals surface area contributed by atoms with Crippen LogP contribution in [0.25, 0.3) is 21.7 Å². The molecule has 0 spiro atoms. The van der Waals surface area contributed by atoms with E-state index in [-0.39, 0.29) is 5.69 Å². The Morgan fingerprint density at radius 3 is 2.35 bits per heavy atom. The molecule has 0 fully saturated rings. The summed E-state index contributed by atoms with van der Waals surface area (Å²) in [7, 11) is 0. The maximum Gasteiger partial charge on any atom is 0.354 e. The molecule has 1 aromatic heterocycles. The predicted octanol–water partition coefficient (Wildman–Crippen LogP) is 3.09. The fraction of sp³-hybridized carbons (Fsp3) is 0. The molecule has 0 aliphatic carbocycles. The molecular formula is C14H9NO2. The number of rotatable bonds is 1. The number of nitrogens with zero attached hydrogens (tertiary/aromatic N) is 1. The summed E-state index contributed by atoms with van der Waals surface area (Å²) < 4.78 is 0. The zero-order valence-corrected chi connectivity index (χ0v) is 8.92. The van der Waals surface area contributed by atoms with Gasteiger partial charge < -0.3 is 5.11 Å². The topological polar surface area (TPSA) is 50.2 Å². The third kappa shape index (κ3) is 1.61. The van der Waals surface area contributed by atoms with Crippen molar-refractivity contribution < 1.29 is 9.90 Å². The standard InChI is InChI=1S/C14H9NO2/c16-14(17)12-6-5-11-7-9-3-1-2-4-10(9)8-13(11)15-12/h1-8H,(H,16,17). The van der Waals surface area contributed by atoms with Crippen molar-refractivity contribution in [1.82, 2.24) is 4.98 Å². The Bertz CT molecular complexity index is 734. The first-order chi connectivity index (χ1) is 8.24. The van der Waals surface area contributed by atoms with Gasteiger partial charge in [0, 0.05) is 5.39 Å². The first-order valence-electron chi connectivity index (χ1n) is 5.27. The molecule has 0 radical (unpaired) electrons. The lowest BCUT2D eigenvalue weighted by molar-refractivity contribution is 0.0691. The van der Waals surface area contributed by atoms with Crippen LogP contribution in [0, 0.1) is 0 Å². The first kappa shape index (κ1) is 9.78. The van der Waals surface area contributed by atoms with Gasteiger partial charge in [0.2, 0.25) is 0 Å². The van der Waals surface area contributed by atoms with Crippen LogP contribution in [-0.2, 0) is 0 Å². The van der Waals surface area contributed by atoms with Crippen molar-refractivity contribution in [1.29, 1.82) is 0 Å². The minimum absolute atomic E-state index is 0.0766. The zero-order chi connectivity index (χ0) is 11.8. The highest BCUT2D eigenvalue weighted by molar-refractivity contribution is 5.98. The number of pyridine rings is 1. The van der Waals surface area contributed by atoms with E-state index in [4.69, 9.17) is 5.11 Å². The summed E-state index contributed by atoms with van der Waals surface area (Å²) in [6.07, 6.45) is 0. The van der Waals surface area contributed by atoms with Crippen molar-refractivity contribution in [3.63, 3.8) is 0 Å². The quantitative estimate of drug-likeness (QED) is 0.645. The molecular weight excluding hydrogens is 214 g/mol. The number of aromatic carboxylic acids is 1. The molecule has 17 heavy (non-hydrogen) atoms. The van der Waals surface area contributed by atoms with Gasteiger partial charge >= 0.3 is 5.97 Å². The number of benzene rings is 2. The Balaban J connectivity index is 2.36. The molecule has 0 unspecified atom stereocenters. The molecule has 0 saturated heterocycles. The van der Waals surface area contributed by atoms with Crippen LogP contribution >= 0.6 is 0 Å². The van der Waals surface area contributed by atoms with Crippen molar-refractivity contribution in [3.8, 4) is 0 Å². The smallest absolute Gasteiger partial charge is 0.354 e.